The molecule has 3 aromatic carbocycles. The summed E-state index contributed by atoms with van der Waals surface area (Å²) in [7, 11) is 0. The summed E-state index contributed by atoms with van der Waals surface area (Å²) in [4.78, 5) is 20.5. The van der Waals surface area contributed by atoms with Crippen molar-refractivity contribution >= 4 is 28.1 Å². The van der Waals surface area contributed by atoms with Crippen LogP contribution in [0.4, 0.5) is 0 Å². The van der Waals surface area contributed by atoms with E-state index < -0.39 is 0 Å². The third kappa shape index (κ3) is 6.83. The Kier molecular flexibility index (Phi) is 8.35. The number of phenolic OH excluding ortho intramolecular Hbond substituents is 1. The summed E-state index contributed by atoms with van der Waals surface area (Å²) in [5, 5.41) is 13.9. The zero-order valence-corrected chi connectivity index (χ0v) is 20.5. The quantitative estimate of drug-likeness (QED) is 0.197. The van der Waals surface area contributed by atoms with Crippen molar-refractivity contribution in [1.82, 2.24) is 4.90 Å². The molecule has 0 aliphatic rings. The summed E-state index contributed by atoms with van der Waals surface area (Å²) in [6, 6.07) is 28.2. The van der Waals surface area contributed by atoms with Gasteiger partial charge in [-0.1, -0.05) is 81.7 Å². The van der Waals surface area contributed by atoms with Gasteiger partial charge in [0.05, 0.1) is 18.5 Å². The van der Waals surface area contributed by atoms with E-state index in [-0.39, 0.29) is 24.3 Å². The molecule has 1 N–H and O–H groups in total. The van der Waals surface area contributed by atoms with E-state index in [4.69, 9.17) is 9.25 Å². The molecule has 4 rings (SSSR count). The number of hydrogen-bond acceptors (Lipinski definition) is 5. The third-order valence-corrected chi connectivity index (χ3v) is 5.97. The Morgan fingerprint density at radius 3 is 2.40 bits per heavy atom. The van der Waals surface area contributed by atoms with E-state index in [0.29, 0.717) is 24.3 Å². The number of furan rings is 1. The minimum Gasteiger partial charge on any atom is -0.507 e. The van der Waals surface area contributed by atoms with Gasteiger partial charge in [0.1, 0.15) is 11.5 Å². The van der Waals surface area contributed by atoms with Gasteiger partial charge in [-0.2, -0.15) is 0 Å². The Morgan fingerprint density at radius 2 is 1.71 bits per heavy atom. The van der Waals surface area contributed by atoms with Crippen LogP contribution in [0.25, 0.3) is 0 Å². The van der Waals surface area contributed by atoms with E-state index >= 15 is 0 Å². The van der Waals surface area contributed by atoms with Gasteiger partial charge in [-0.05, 0) is 41.5 Å². The van der Waals surface area contributed by atoms with Crippen LogP contribution in [0.3, 0.4) is 0 Å². The molecule has 1 atom stereocenters. The van der Waals surface area contributed by atoms with Gasteiger partial charge in [0.15, 0.2) is 6.61 Å². The number of amides is 1. The molecule has 1 heterocycles. The van der Waals surface area contributed by atoms with Crippen molar-refractivity contribution in [1.29, 1.82) is 0 Å². The molecule has 1 unspecified atom stereocenters. The van der Waals surface area contributed by atoms with Crippen molar-refractivity contribution < 1.29 is 19.2 Å². The number of aromatic hydroxyl groups is 1. The maximum atomic E-state index is 13.4. The van der Waals surface area contributed by atoms with E-state index in [1.807, 2.05) is 72.8 Å². The number of benzene rings is 3. The highest BCUT2D eigenvalue weighted by atomic mass is 79.9. The van der Waals surface area contributed by atoms with Crippen LogP contribution in [0.15, 0.2) is 111 Å². The zero-order valence-electron chi connectivity index (χ0n) is 19.0. The van der Waals surface area contributed by atoms with Crippen molar-refractivity contribution in [2.45, 2.75) is 19.0 Å². The van der Waals surface area contributed by atoms with Gasteiger partial charge in [0, 0.05) is 23.0 Å². The van der Waals surface area contributed by atoms with Crippen LogP contribution in [-0.2, 0) is 22.6 Å². The molecule has 0 saturated carbocycles. The van der Waals surface area contributed by atoms with Crippen molar-refractivity contribution in [2.75, 3.05) is 6.61 Å². The number of halogens is 1. The van der Waals surface area contributed by atoms with E-state index in [1.54, 1.807) is 29.4 Å². The molecule has 1 amide bonds. The fourth-order valence-electron chi connectivity index (χ4n) is 3.73. The summed E-state index contributed by atoms with van der Waals surface area (Å²) >= 11 is 3.36. The van der Waals surface area contributed by atoms with E-state index in [2.05, 4.69) is 21.1 Å². The van der Waals surface area contributed by atoms with Crippen molar-refractivity contribution in [3.63, 3.8) is 0 Å². The number of carbonyl (C=O) groups excluding carboxylic acids is 1. The van der Waals surface area contributed by atoms with Crippen LogP contribution in [0, 0.1) is 0 Å². The first-order valence-corrected chi connectivity index (χ1v) is 11.9. The second-order valence-corrected chi connectivity index (χ2v) is 8.85. The minimum atomic E-state index is -0.332. The number of rotatable bonds is 10. The molecular weight excluding hydrogens is 508 g/mol. The fraction of sp³-hybridized carbons (Fsp3) is 0.143. The summed E-state index contributed by atoms with van der Waals surface area (Å²) in [6.07, 6.45) is 3.58. The lowest BCUT2D eigenvalue weighted by Crippen LogP contribution is -2.37. The molecule has 0 radical (unpaired) electrons. The van der Waals surface area contributed by atoms with Crippen LogP contribution in [0.2, 0.25) is 0 Å². The second kappa shape index (κ2) is 12.0. The molecule has 0 spiro atoms. The topological polar surface area (TPSA) is 75.3 Å². The van der Waals surface area contributed by atoms with Gasteiger partial charge in [-0.3, -0.25) is 4.79 Å². The monoisotopic (exact) mass is 532 g/mol. The van der Waals surface area contributed by atoms with Gasteiger partial charge in [0.25, 0.3) is 5.91 Å². The largest absolute Gasteiger partial charge is 0.507 e. The summed E-state index contributed by atoms with van der Waals surface area (Å²) in [5.74, 6) is 0.529. The molecule has 0 saturated heterocycles. The maximum absolute atomic E-state index is 13.4. The van der Waals surface area contributed by atoms with E-state index in [1.165, 1.54) is 6.21 Å². The van der Waals surface area contributed by atoms with E-state index in [9.17, 15) is 9.90 Å². The number of hydrogen-bond donors (Lipinski definition) is 1. The Bertz CT molecular complexity index is 1240. The van der Waals surface area contributed by atoms with Crippen LogP contribution in [0.5, 0.6) is 5.75 Å². The highest BCUT2D eigenvalue weighted by Gasteiger charge is 2.28. The fourth-order valence-corrected chi connectivity index (χ4v) is 4.11. The molecule has 0 aliphatic heterocycles. The first kappa shape index (κ1) is 24.3. The van der Waals surface area contributed by atoms with Crippen molar-refractivity contribution in [3.05, 3.63) is 124 Å². The predicted octanol–water partition coefficient (Wildman–Crippen LogP) is 6.11. The highest BCUT2D eigenvalue weighted by Crippen LogP contribution is 2.28. The van der Waals surface area contributed by atoms with Crippen LogP contribution < -0.4 is 0 Å². The number of oxime groups is 1. The molecule has 6 nitrogen and oxygen atoms in total. The predicted molar refractivity (Wildman–Crippen MR) is 138 cm³/mol. The Labute approximate surface area is 212 Å². The minimum absolute atomic E-state index is 0.0679. The van der Waals surface area contributed by atoms with Crippen LogP contribution in [-0.4, -0.2) is 28.7 Å². The van der Waals surface area contributed by atoms with Crippen molar-refractivity contribution in [2.24, 2.45) is 5.16 Å². The average molecular weight is 533 g/mol. The number of nitrogens with zero attached hydrogens (tertiary/aromatic N) is 2. The SMILES string of the molecule is O=C(CO/N=C/c1cc(Br)ccc1O)N(Cc1ccccc1)C(Cc1ccccc1)c1ccco1. The smallest absolute Gasteiger partial charge is 0.264 e. The van der Waals surface area contributed by atoms with Crippen LogP contribution >= 0.6 is 15.9 Å². The average Bonchev–Trinajstić information content (AvgIpc) is 3.42. The number of phenols is 1. The summed E-state index contributed by atoms with van der Waals surface area (Å²) in [6.45, 7) is 0.126. The van der Waals surface area contributed by atoms with Gasteiger partial charge in [-0.25, -0.2) is 0 Å². The van der Waals surface area contributed by atoms with E-state index in [0.717, 1.165) is 15.6 Å². The second-order valence-electron chi connectivity index (χ2n) is 7.94. The Morgan fingerprint density at radius 1 is 1.00 bits per heavy atom. The molecule has 35 heavy (non-hydrogen) atoms. The molecule has 4 aromatic rings. The number of carbonyl (C=O) groups is 1. The molecular formula is C28H25BrN2O4. The Balaban J connectivity index is 1.55. The summed E-state index contributed by atoms with van der Waals surface area (Å²) in [5.41, 5.74) is 2.56. The molecule has 7 heteroatoms. The summed E-state index contributed by atoms with van der Waals surface area (Å²) < 4.78 is 6.54. The lowest BCUT2D eigenvalue weighted by atomic mass is 10.0. The third-order valence-electron chi connectivity index (χ3n) is 5.48. The zero-order chi connectivity index (χ0) is 24.5. The molecule has 0 aliphatic carbocycles. The van der Waals surface area contributed by atoms with Gasteiger partial charge >= 0.3 is 0 Å². The van der Waals surface area contributed by atoms with Gasteiger partial charge < -0.3 is 19.3 Å². The van der Waals surface area contributed by atoms with Gasteiger partial charge in [0.2, 0.25) is 0 Å². The molecule has 0 bridgehead atoms. The first-order valence-electron chi connectivity index (χ1n) is 11.1. The normalized spacial score (nSPS) is 11.9. The molecule has 0 fully saturated rings. The lowest BCUT2D eigenvalue weighted by molar-refractivity contribution is -0.139. The molecule has 1 aromatic heterocycles. The Hall–Kier alpha value is -3.84. The molecule has 178 valence electrons. The maximum Gasteiger partial charge on any atom is 0.264 e. The van der Waals surface area contributed by atoms with Gasteiger partial charge in [-0.15, -0.1) is 0 Å². The van der Waals surface area contributed by atoms with Crippen LogP contribution in [0.1, 0.15) is 28.5 Å². The first-order chi connectivity index (χ1) is 17.1. The lowest BCUT2D eigenvalue weighted by Gasteiger charge is -2.30. The van der Waals surface area contributed by atoms with Crippen molar-refractivity contribution in [3.8, 4) is 5.75 Å². The highest BCUT2D eigenvalue weighted by molar-refractivity contribution is 9.10. The standard InChI is InChI=1S/C28H25BrN2O4/c29-24-13-14-26(32)23(17-24)18-30-35-20-28(33)31(19-22-10-5-2-6-11-22)25(27-12-7-15-34-27)16-21-8-3-1-4-9-21/h1-15,17-18,25,32H,16,19-20H2/b30-18+.